The van der Waals surface area contributed by atoms with Crippen molar-refractivity contribution in [1.29, 1.82) is 0 Å². The second-order valence-electron chi connectivity index (χ2n) is 9.35. The number of carbonyl (C=O) groups excluding carboxylic acids is 2. The van der Waals surface area contributed by atoms with Crippen LogP contribution in [0.3, 0.4) is 0 Å². The van der Waals surface area contributed by atoms with Crippen LogP contribution in [-0.4, -0.2) is 72.6 Å². The Morgan fingerprint density at radius 1 is 1.00 bits per heavy atom. The van der Waals surface area contributed by atoms with Gasteiger partial charge in [0.2, 0.25) is 11.8 Å². The molecule has 9 heteroatoms. The van der Waals surface area contributed by atoms with Gasteiger partial charge in [-0.25, -0.2) is 4.98 Å². The molecule has 4 aromatic rings. The first-order valence-corrected chi connectivity index (χ1v) is 11.9. The van der Waals surface area contributed by atoms with E-state index >= 15 is 0 Å². The van der Waals surface area contributed by atoms with E-state index in [0.29, 0.717) is 19.6 Å². The molecule has 9 nitrogen and oxygen atoms in total. The van der Waals surface area contributed by atoms with E-state index in [2.05, 4.69) is 26.2 Å². The van der Waals surface area contributed by atoms with Crippen molar-refractivity contribution in [3.8, 4) is 11.1 Å². The third kappa shape index (κ3) is 3.52. The van der Waals surface area contributed by atoms with E-state index < -0.39 is 0 Å². The zero-order chi connectivity index (χ0) is 23.2. The lowest BCUT2D eigenvalue weighted by Crippen LogP contribution is -2.43. The number of hydrogen-bond acceptors (Lipinski definition) is 5. The first-order valence-electron chi connectivity index (χ1n) is 11.9. The van der Waals surface area contributed by atoms with Crippen molar-refractivity contribution in [3.63, 3.8) is 0 Å². The molecule has 2 aliphatic rings. The minimum Gasteiger partial charge on any atom is -0.343 e. The summed E-state index contributed by atoms with van der Waals surface area (Å²) in [5, 5.41) is 9.71. The van der Waals surface area contributed by atoms with Gasteiger partial charge in [-0.15, -0.1) is 0 Å². The molecular weight excluding hydrogens is 430 g/mol. The van der Waals surface area contributed by atoms with E-state index in [1.165, 1.54) is 0 Å². The highest BCUT2D eigenvalue weighted by Crippen LogP contribution is 2.35. The SMILES string of the molecule is CC(=O)N1CCC(C(=O)N2CCC(c3cc4c(-c5cnn6ncccc56)ccnc4[nH]3)C2)CC1. The summed E-state index contributed by atoms with van der Waals surface area (Å²) in [5.74, 6) is 0.613. The Labute approximate surface area is 196 Å². The predicted octanol–water partition coefficient (Wildman–Crippen LogP) is 2.85. The van der Waals surface area contributed by atoms with Gasteiger partial charge in [-0.2, -0.15) is 14.8 Å². The summed E-state index contributed by atoms with van der Waals surface area (Å²) in [6, 6.07) is 8.12. The van der Waals surface area contributed by atoms with Crippen LogP contribution in [0, 0.1) is 5.92 Å². The van der Waals surface area contributed by atoms with Gasteiger partial charge >= 0.3 is 0 Å². The summed E-state index contributed by atoms with van der Waals surface area (Å²) >= 11 is 0. The fourth-order valence-electron chi connectivity index (χ4n) is 5.46. The summed E-state index contributed by atoms with van der Waals surface area (Å²) in [7, 11) is 0. The molecule has 2 fully saturated rings. The Morgan fingerprint density at radius 2 is 1.82 bits per heavy atom. The first-order chi connectivity index (χ1) is 16.6. The van der Waals surface area contributed by atoms with Crippen LogP contribution in [-0.2, 0) is 9.59 Å². The lowest BCUT2D eigenvalue weighted by Gasteiger charge is -2.32. The van der Waals surface area contributed by atoms with Gasteiger partial charge in [0.25, 0.3) is 0 Å². The molecule has 0 spiro atoms. The number of pyridine rings is 1. The Balaban J connectivity index is 1.22. The highest BCUT2D eigenvalue weighted by Gasteiger charge is 2.34. The molecule has 34 heavy (non-hydrogen) atoms. The Morgan fingerprint density at radius 3 is 2.65 bits per heavy atom. The minimum atomic E-state index is 0.0227. The topological polar surface area (TPSA) is 99.5 Å². The molecule has 2 amide bonds. The number of aromatic nitrogens is 5. The molecule has 1 N–H and O–H groups in total. The van der Waals surface area contributed by atoms with Crippen LogP contribution in [0.15, 0.2) is 42.9 Å². The highest BCUT2D eigenvalue weighted by atomic mass is 16.2. The average molecular weight is 458 g/mol. The summed E-state index contributed by atoms with van der Waals surface area (Å²) in [6.45, 7) is 4.44. The molecule has 0 saturated carbocycles. The van der Waals surface area contributed by atoms with Gasteiger partial charge in [0, 0.05) is 74.0 Å². The van der Waals surface area contributed by atoms with Crippen LogP contribution < -0.4 is 0 Å². The number of piperidine rings is 1. The Kier molecular flexibility index (Phi) is 5.04. The molecule has 0 aromatic carbocycles. The number of fused-ring (bicyclic) bond motifs is 2. The summed E-state index contributed by atoms with van der Waals surface area (Å²) in [5.41, 5.74) is 5.00. The Bertz CT molecular complexity index is 1380. The molecule has 6 heterocycles. The van der Waals surface area contributed by atoms with E-state index in [4.69, 9.17) is 0 Å². The van der Waals surface area contributed by atoms with E-state index in [0.717, 1.165) is 59.2 Å². The number of aromatic amines is 1. The number of carbonyl (C=O) groups is 2. The number of H-pyrrole nitrogens is 1. The number of nitrogens with one attached hydrogen (secondary N) is 1. The van der Waals surface area contributed by atoms with Crippen molar-refractivity contribution in [2.24, 2.45) is 5.92 Å². The molecule has 1 unspecified atom stereocenters. The van der Waals surface area contributed by atoms with Gasteiger partial charge < -0.3 is 14.8 Å². The van der Waals surface area contributed by atoms with Crippen molar-refractivity contribution in [2.45, 2.75) is 32.1 Å². The van der Waals surface area contributed by atoms with Gasteiger partial charge in [0.05, 0.1) is 11.7 Å². The molecule has 174 valence electrons. The molecule has 2 aliphatic heterocycles. The van der Waals surface area contributed by atoms with E-state index in [9.17, 15) is 9.59 Å². The second-order valence-corrected chi connectivity index (χ2v) is 9.35. The molecule has 0 radical (unpaired) electrons. The lowest BCUT2D eigenvalue weighted by atomic mass is 9.95. The van der Waals surface area contributed by atoms with Crippen molar-refractivity contribution in [2.75, 3.05) is 26.2 Å². The third-order valence-electron chi connectivity index (χ3n) is 7.38. The normalized spacial score (nSPS) is 19.4. The smallest absolute Gasteiger partial charge is 0.225 e. The van der Waals surface area contributed by atoms with Crippen LogP contribution >= 0.6 is 0 Å². The molecule has 1 atom stereocenters. The van der Waals surface area contributed by atoms with Gasteiger partial charge in [-0.1, -0.05) is 0 Å². The van der Waals surface area contributed by atoms with Crippen LogP contribution in [0.5, 0.6) is 0 Å². The third-order valence-corrected chi connectivity index (χ3v) is 7.38. The first kappa shape index (κ1) is 20.8. The number of hydrogen-bond donors (Lipinski definition) is 1. The number of amides is 2. The number of nitrogens with zero attached hydrogens (tertiary/aromatic N) is 6. The maximum atomic E-state index is 13.1. The summed E-state index contributed by atoms with van der Waals surface area (Å²) in [6.07, 6.45) is 7.83. The van der Waals surface area contributed by atoms with Crippen molar-refractivity contribution in [1.82, 2.24) is 34.6 Å². The molecule has 0 bridgehead atoms. The molecule has 0 aliphatic carbocycles. The fourth-order valence-corrected chi connectivity index (χ4v) is 5.46. The van der Waals surface area contributed by atoms with Crippen LogP contribution in [0.1, 0.15) is 37.8 Å². The van der Waals surface area contributed by atoms with Crippen LogP contribution in [0.4, 0.5) is 0 Å². The van der Waals surface area contributed by atoms with E-state index in [1.807, 2.05) is 40.4 Å². The maximum absolute atomic E-state index is 13.1. The molecule has 6 rings (SSSR count). The number of likely N-dealkylation sites (tertiary alicyclic amines) is 2. The van der Waals surface area contributed by atoms with Crippen molar-refractivity contribution in [3.05, 3.63) is 48.5 Å². The van der Waals surface area contributed by atoms with E-state index in [-0.39, 0.29) is 23.7 Å². The number of rotatable bonds is 3. The molecule has 4 aromatic heterocycles. The molecular formula is C25H27N7O2. The highest BCUT2D eigenvalue weighted by molar-refractivity contribution is 5.97. The standard InChI is InChI=1S/C25H27N7O2/c1-16(33)30-10-5-17(6-11-30)25(34)31-12-7-18(15-31)22-13-20-19(4-9-26-24(20)29-22)21-14-28-32-23(21)3-2-8-27-32/h2-4,8-9,13-14,17-18H,5-7,10-12,15H2,1H3,(H,26,29). The van der Waals surface area contributed by atoms with Gasteiger partial charge in [0.1, 0.15) is 5.65 Å². The monoisotopic (exact) mass is 457 g/mol. The lowest BCUT2D eigenvalue weighted by molar-refractivity contribution is -0.139. The summed E-state index contributed by atoms with van der Waals surface area (Å²) < 4.78 is 1.64. The van der Waals surface area contributed by atoms with Crippen LogP contribution in [0.2, 0.25) is 0 Å². The van der Waals surface area contributed by atoms with Crippen molar-refractivity contribution >= 4 is 28.4 Å². The van der Waals surface area contributed by atoms with Gasteiger partial charge in [-0.3, -0.25) is 9.59 Å². The van der Waals surface area contributed by atoms with Crippen LogP contribution in [0.25, 0.3) is 27.7 Å². The summed E-state index contributed by atoms with van der Waals surface area (Å²) in [4.78, 5) is 36.6. The maximum Gasteiger partial charge on any atom is 0.225 e. The predicted molar refractivity (Wildman–Crippen MR) is 127 cm³/mol. The largest absolute Gasteiger partial charge is 0.343 e. The quantitative estimate of drug-likeness (QED) is 0.510. The zero-order valence-corrected chi connectivity index (χ0v) is 19.1. The molecule has 2 saturated heterocycles. The van der Waals surface area contributed by atoms with E-state index in [1.54, 1.807) is 17.8 Å². The Hall–Kier alpha value is -3.75. The van der Waals surface area contributed by atoms with Crippen molar-refractivity contribution < 1.29 is 9.59 Å². The zero-order valence-electron chi connectivity index (χ0n) is 19.1. The fraction of sp³-hybridized carbons (Fsp3) is 0.400. The minimum absolute atomic E-state index is 0.0227. The van der Waals surface area contributed by atoms with Gasteiger partial charge in [-0.05, 0) is 49.1 Å². The van der Waals surface area contributed by atoms with Gasteiger partial charge in [0.15, 0.2) is 0 Å². The second kappa shape index (κ2) is 8.23. The average Bonchev–Trinajstić information content (AvgIpc) is 3.61.